The Hall–Kier alpha value is -1.23. The van der Waals surface area contributed by atoms with Crippen molar-refractivity contribution in [3.8, 4) is 0 Å². The predicted molar refractivity (Wildman–Crippen MR) is 56.7 cm³/mol. The van der Waals surface area contributed by atoms with Crippen LogP contribution in [0.25, 0.3) is 0 Å². The Bertz CT molecular complexity index is 307. The molecule has 0 aliphatic heterocycles. The average molecular weight is 214 g/mol. The standard InChI is InChI=1S/C9H11FN2OS/c1-11(14-12(2)9(10)13)8-6-4-3-5-7-8/h3-7H,1-2H3. The zero-order valence-electron chi connectivity index (χ0n) is 7.98. The van der Waals surface area contributed by atoms with Gasteiger partial charge in [0.1, 0.15) is 0 Å². The normalized spacial score (nSPS) is 9.64. The monoisotopic (exact) mass is 214 g/mol. The van der Waals surface area contributed by atoms with E-state index in [1.54, 1.807) is 11.4 Å². The molecule has 0 aliphatic rings. The van der Waals surface area contributed by atoms with Crippen molar-refractivity contribution in [2.75, 3.05) is 18.4 Å². The van der Waals surface area contributed by atoms with E-state index in [1.165, 1.54) is 7.05 Å². The molecule has 14 heavy (non-hydrogen) atoms. The summed E-state index contributed by atoms with van der Waals surface area (Å²) in [7, 11) is 3.14. The quantitative estimate of drug-likeness (QED) is 0.439. The molecule has 0 spiro atoms. The molecule has 0 saturated carbocycles. The molecule has 0 aromatic heterocycles. The first kappa shape index (κ1) is 10.8. The molecule has 1 rings (SSSR count). The fourth-order valence-corrected chi connectivity index (χ4v) is 1.55. The predicted octanol–water partition coefficient (Wildman–Crippen LogP) is 2.71. The smallest absolute Gasteiger partial charge is 0.302 e. The highest BCUT2D eigenvalue weighted by Gasteiger charge is 2.10. The number of nitrogens with zero attached hydrogens (tertiary/aromatic N) is 2. The highest BCUT2D eigenvalue weighted by Crippen LogP contribution is 2.21. The number of halogens is 1. The molecular formula is C9H11FN2OS. The van der Waals surface area contributed by atoms with Crippen LogP contribution in [0.5, 0.6) is 0 Å². The summed E-state index contributed by atoms with van der Waals surface area (Å²) >= 11 is 1.00. The van der Waals surface area contributed by atoms with Gasteiger partial charge in [0.25, 0.3) is 0 Å². The van der Waals surface area contributed by atoms with E-state index in [0.29, 0.717) is 0 Å². The first-order valence-electron chi connectivity index (χ1n) is 4.01. The van der Waals surface area contributed by atoms with Gasteiger partial charge in [-0.2, -0.15) is 0 Å². The van der Waals surface area contributed by atoms with Crippen molar-refractivity contribution in [2.24, 2.45) is 0 Å². The van der Waals surface area contributed by atoms with Crippen molar-refractivity contribution in [3.05, 3.63) is 30.3 Å². The highest BCUT2D eigenvalue weighted by molar-refractivity contribution is 7.98. The van der Waals surface area contributed by atoms with Crippen molar-refractivity contribution in [3.63, 3.8) is 0 Å². The van der Waals surface area contributed by atoms with E-state index in [0.717, 1.165) is 22.1 Å². The lowest BCUT2D eigenvalue weighted by atomic mass is 10.3. The number of carbonyl (C=O) groups excluding carboxylic acids is 1. The summed E-state index contributed by atoms with van der Waals surface area (Å²) in [5.74, 6) is 0. The Morgan fingerprint density at radius 1 is 1.29 bits per heavy atom. The summed E-state index contributed by atoms with van der Waals surface area (Å²) in [5.41, 5.74) is 0.908. The summed E-state index contributed by atoms with van der Waals surface area (Å²) in [6.07, 6.45) is -1.46. The van der Waals surface area contributed by atoms with Crippen LogP contribution in [0.15, 0.2) is 30.3 Å². The molecule has 1 amide bonds. The number of hydrogen-bond donors (Lipinski definition) is 0. The van der Waals surface area contributed by atoms with E-state index in [-0.39, 0.29) is 0 Å². The van der Waals surface area contributed by atoms with Crippen LogP contribution in [0, 0.1) is 0 Å². The molecule has 0 heterocycles. The maximum Gasteiger partial charge on any atom is 0.411 e. The van der Waals surface area contributed by atoms with Gasteiger partial charge in [0.2, 0.25) is 0 Å². The summed E-state index contributed by atoms with van der Waals surface area (Å²) in [5, 5.41) is 0. The van der Waals surface area contributed by atoms with Gasteiger partial charge in [-0.25, -0.2) is 9.10 Å². The second-order valence-corrected chi connectivity index (χ2v) is 3.92. The summed E-state index contributed by atoms with van der Waals surface area (Å²) in [6, 6.07) is 9.41. The summed E-state index contributed by atoms with van der Waals surface area (Å²) in [4.78, 5) is 10.3. The fourth-order valence-electron chi connectivity index (χ4n) is 0.901. The zero-order chi connectivity index (χ0) is 10.6. The largest absolute Gasteiger partial charge is 0.411 e. The van der Waals surface area contributed by atoms with Crippen LogP contribution in [0.4, 0.5) is 14.9 Å². The van der Waals surface area contributed by atoms with E-state index in [9.17, 15) is 9.18 Å². The first-order valence-corrected chi connectivity index (χ1v) is 4.74. The minimum Gasteiger partial charge on any atom is -0.302 e. The summed E-state index contributed by atoms with van der Waals surface area (Å²) < 4.78 is 14.8. The number of para-hydroxylation sites is 1. The third-order valence-corrected chi connectivity index (χ3v) is 2.46. The van der Waals surface area contributed by atoms with Gasteiger partial charge >= 0.3 is 6.16 Å². The number of benzene rings is 1. The molecule has 0 bridgehead atoms. The SMILES string of the molecule is CN(SN(C)c1ccccc1)C(=O)F. The zero-order valence-corrected chi connectivity index (χ0v) is 8.79. The van der Waals surface area contributed by atoms with Gasteiger partial charge in [0, 0.05) is 19.8 Å². The van der Waals surface area contributed by atoms with E-state index >= 15 is 0 Å². The van der Waals surface area contributed by atoms with Crippen molar-refractivity contribution < 1.29 is 9.18 Å². The average Bonchev–Trinajstić information content (AvgIpc) is 2.19. The molecule has 0 atom stereocenters. The van der Waals surface area contributed by atoms with Crippen molar-refractivity contribution >= 4 is 24.0 Å². The van der Waals surface area contributed by atoms with Crippen LogP contribution < -0.4 is 4.31 Å². The van der Waals surface area contributed by atoms with Gasteiger partial charge in [-0.3, -0.25) is 0 Å². The molecule has 3 nitrogen and oxygen atoms in total. The third kappa shape index (κ3) is 2.92. The molecule has 0 saturated heterocycles. The third-order valence-electron chi connectivity index (χ3n) is 1.61. The molecule has 1 aromatic carbocycles. The molecule has 1 aromatic rings. The Morgan fingerprint density at radius 3 is 2.36 bits per heavy atom. The molecular weight excluding hydrogens is 203 g/mol. The van der Waals surface area contributed by atoms with E-state index in [4.69, 9.17) is 0 Å². The lowest BCUT2D eigenvalue weighted by molar-refractivity contribution is 0.209. The van der Waals surface area contributed by atoms with Gasteiger partial charge in [0.05, 0.1) is 12.1 Å². The maximum atomic E-state index is 12.2. The van der Waals surface area contributed by atoms with Gasteiger partial charge in [-0.05, 0) is 12.1 Å². The lowest BCUT2D eigenvalue weighted by Crippen LogP contribution is -2.20. The minimum atomic E-state index is -1.46. The van der Waals surface area contributed by atoms with Crippen molar-refractivity contribution in [2.45, 2.75) is 0 Å². The maximum absolute atomic E-state index is 12.2. The number of amides is 1. The van der Waals surface area contributed by atoms with Crippen LogP contribution in [0.2, 0.25) is 0 Å². The molecule has 5 heteroatoms. The Balaban J connectivity index is 2.59. The number of anilines is 1. The summed E-state index contributed by atoms with van der Waals surface area (Å²) in [6.45, 7) is 0. The molecule has 0 N–H and O–H groups in total. The molecule has 0 radical (unpaired) electrons. The van der Waals surface area contributed by atoms with Crippen molar-refractivity contribution in [1.82, 2.24) is 4.31 Å². The van der Waals surface area contributed by atoms with Crippen LogP contribution in [-0.4, -0.2) is 24.6 Å². The van der Waals surface area contributed by atoms with Crippen LogP contribution in [-0.2, 0) is 0 Å². The van der Waals surface area contributed by atoms with Crippen LogP contribution >= 0.6 is 12.1 Å². The second-order valence-electron chi connectivity index (χ2n) is 2.67. The van der Waals surface area contributed by atoms with E-state index < -0.39 is 6.16 Å². The van der Waals surface area contributed by atoms with Gasteiger partial charge in [-0.1, -0.05) is 18.2 Å². The van der Waals surface area contributed by atoms with E-state index in [1.807, 2.05) is 30.3 Å². The van der Waals surface area contributed by atoms with Crippen LogP contribution in [0.1, 0.15) is 0 Å². The number of rotatable bonds is 3. The van der Waals surface area contributed by atoms with Gasteiger partial charge < -0.3 is 4.31 Å². The Morgan fingerprint density at radius 2 is 1.86 bits per heavy atom. The minimum absolute atomic E-state index is 0.908. The first-order chi connectivity index (χ1) is 6.61. The Kier molecular flexibility index (Phi) is 3.76. The molecule has 0 aliphatic carbocycles. The molecule has 76 valence electrons. The topological polar surface area (TPSA) is 23.6 Å². The number of hydrogen-bond acceptors (Lipinski definition) is 3. The number of carbonyl (C=O) groups is 1. The van der Waals surface area contributed by atoms with Crippen molar-refractivity contribution in [1.29, 1.82) is 0 Å². The van der Waals surface area contributed by atoms with Gasteiger partial charge in [0.15, 0.2) is 0 Å². The van der Waals surface area contributed by atoms with Crippen LogP contribution in [0.3, 0.4) is 0 Å². The highest BCUT2D eigenvalue weighted by atomic mass is 32.2. The second kappa shape index (κ2) is 4.85. The molecule has 0 fully saturated rings. The molecule has 0 unspecified atom stereocenters. The fraction of sp³-hybridized carbons (Fsp3) is 0.222. The Labute approximate surface area is 86.8 Å². The van der Waals surface area contributed by atoms with E-state index in [2.05, 4.69) is 0 Å². The lowest BCUT2D eigenvalue weighted by Gasteiger charge is -2.21. The van der Waals surface area contributed by atoms with Gasteiger partial charge in [-0.15, -0.1) is 4.39 Å².